The Bertz CT molecular complexity index is 1240. The summed E-state index contributed by atoms with van der Waals surface area (Å²) in [5.74, 6) is 0.309. The zero-order valence-electron chi connectivity index (χ0n) is 14.7. The molecule has 0 bridgehead atoms. The highest BCUT2D eigenvalue weighted by Crippen LogP contribution is 2.33. The number of anilines is 1. The van der Waals surface area contributed by atoms with Gasteiger partial charge < -0.3 is 10.4 Å². The van der Waals surface area contributed by atoms with Gasteiger partial charge in [-0.25, -0.2) is 4.98 Å². The van der Waals surface area contributed by atoms with Crippen molar-refractivity contribution < 1.29 is 5.11 Å². The standard InChI is InChI=1S/C24H18N2O/c27-23-14-13-16-7-1-2-8-17(16)20(23)15-25-24-18-9-3-5-11-21(18)26-22-12-6-4-10-19(22)24/h1-14,27H,15H2,(H,25,26). The van der Waals surface area contributed by atoms with Crippen molar-refractivity contribution in [1.82, 2.24) is 4.98 Å². The highest BCUT2D eigenvalue weighted by Gasteiger charge is 2.11. The summed E-state index contributed by atoms with van der Waals surface area (Å²) >= 11 is 0. The van der Waals surface area contributed by atoms with Crippen LogP contribution in [0, 0.1) is 0 Å². The second-order valence-electron chi connectivity index (χ2n) is 6.66. The predicted octanol–water partition coefficient (Wildman–Crippen LogP) is 5.86. The van der Waals surface area contributed by atoms with E-state index >= 15 is 0 Å². The number of nitrogens with one attached hydrogen (secondary N) is 1. The minimum Gasteiger partial charge on any atom is -0.508 e. The second-order valence-corrected chi connectivity index (χ2v) is 6.66. The molecular weight excluding hydrogens is 332 g/mol. The molecule has 1 aromatic heterocycles. The van der Waals surface area contributed by atoms with Gasteiger partial charge in [-0.3, -0.25) is 0 Å². The van der Waals surface area contributed by atoms with Crippen LogP contribution in [0.3, 0.4) is 0 Å². The average molecular weight is 350 g/mol. The Labute approximate surface area is 156 Å². The first kappa shape index (κ1) is 15.6. The summed E-state index contributed by atoms with van der Waals surface area (Å²) in [4.78, 5) is 4.77. The molecule has 0 fully saturated rings. The van der Waals surface area contributed by atoms with Crippen molar-refractivity contribution in [2.24, 2.45) is 0 Å². The van der Waals surface area contributed by atoms with Crippen LogP contribution >= 0.6 is 0 Å². The van der Waals surface area contributed by atoms with Gasteiger partial charge in [-0.15, -0.1) is 0 Å². The van der Waals surface area contributed by atoms with Gasteiger partial charge in [-0.1, -0.05) is 66.7 Å². The average Bonchev–Trinajstić information content (AvgIpc) is 2.72. The summed E-state index contributed by atoms with van der Waals surface area (Å²) in [6.45, 7) is 0.533. The fraction of sp³-hybridized carbons (Fsp3) is 0.0417. The molecule has 0 saturated carbocycles. The zero-order valence-corrected chi connectivity index (χ0v) is 14.7. The Kier molecular flexibility index (Phi) is 3.65. The largest absolute Gasteiger partial charge is 0.508 e. The molecule has 27 heavy (non-hydrogen) atoms. The monoisotopic (exact) mass is 350 g/mol. The van der Waals surface area contributed by atoms with Gasteiger partial charge in [0.2, 0.25) is 0 Å². The lowest BCUT2D eigenvalue weighted by Gasteiger charge is -2.15. The Morgan fingerprint density at radius 3 is 1.96 bits per heavy atom. The molecule has 1 heterocycles. The van der Waals surface area contributed by atoms with Gasteiger partial charge in [0, 0.05) is 22.9 Å². The van der Waals surface area contributed by atoms with Crippen molar-refractivity contribution in [3.05, 3.63) is 90.5 Å². The Hall–Kier alpha value is -3.59. The quantitative estimate of drug-likeness (QED) is 0.401. The van der Waals surface area contributed by atoms with Crippen LogP contribution < -0.4 is 5.32 Å². The van der Waals surface area contributed by atoms with E-state index in [0.29, 0.717) is 12.3 Å². The highest BCUT2D eigenvalue weighted by atomic mass is 16.3. The van der Waals surface area contributed by atoms with Crippen LogP contribution in [-0.2, 0) is 6.54 Å². The molecule has 0 radical (unpaired) electrons. The van der Waals surface area contributed by atoms with Crippen LogP contribution in [0.2, 0.25) is 0 Å². The van der Waals surface area contributed by atoms with Gasteiger partial charge in [-0.05, 0) is 29.0 Å². The summed E-state index contributed by atoms with van der Waals surface area (Å²) in [6.07, 6.45) is 0. The first-order valence-electron chi connectivity index (χ1n) is 9.02. The summed E-state index contributed by atoms with van der Waals surface area (Å²) in [5, 5.41) is 18.4. The molecule has 2 N–H and O–H groups in total. The third-order valence-electron chi connectivity index (χ3n) is 5.05. The van der Waals surface area contributed by atoms with Gasteiger partial charge in [-0.2, -0.15) is 0 Å². The number of aromatic nitrogens is 1. The Morgan fingerprint density at radius 1 is 0.667 bits per heavy atom. The number of phenolic OH excluding ortho intramolecular Hbond substituents is 1. The molecule has 3 heteroatoms. The molecule has 0 spiro atoms. The minimum absolute atomic E-state index is 0.309. The number of fused-ring (bicyclic) bond motifs is 3. The molecule has 0 saturated heterocycles. The summed E-state index contributed by atoms with van der Waals surface area (Å²) in [5.41, 5.74) is 3.86. The number of phenols is 1. The normalized spacial score (nSPS) is 11.3. The SMILES string of the molecule is Oc1ccc2ccccc2c1CNc1c2ccccc2nc2ccccc12. The maximum atomic E-state index is 10.5. The number of hydrogen-bond donors (Lipinski definition) is 2. The van der Waals surface area contributed by atoms with Crippen LogP contribution in [0.25, 0.3) is 32.6 Å². The van der Waals surface area contributed by atoms with Crippen molar-refractivity contribution in [3.63, 3.8) is 0 Å². The number of nitrogens with zero attached hydrogens (tertiary/aromatic N) is 1. The van der Waals surface area contributed by atoms with E-state index in [4.69, 9.17) is 4.98 Å². The number of pyridine rings is 1. The van der Waals surface area contributed by atoms with E-state index in [-0.39, 0.29) is 0 Å². The molecule has 3 nitrogen and oxygen atoms in total. The van der Waals surface area contributed by atoms with E-state index in [1.54, 1.807) is 6.07 Å². The van der Waals surface area contributed by atoms with E-state index < -0.39 is 0 Å². The predicted molar refractivity (Wildman–Crippen MR) is 112 cm³/mol. The molecule has 4 aromatic carbocycles. The molecule has 5 aromatic rings. The molecule has 130 valence electrons. The molecule has 0 aliphatic rings. The van der Waals surface area contributed by atoms with Crippen molar-refractivity contribution in [2.75, 3.05) is 5.32 Å². The summed E-state index contributed by atoms with van der Waals surface area (Å²) in [6, 6.07) is 28.1. The van der Waals surface area contributed by atoms with Crippen molar-refractivity contribution >= 4 is 38.3 Å². The number of aromatic hydroxyl groups is 1. The number of benzene rings is 4. The number of para-hydroxylation sites is 2. The number of rotatable bonds is 3. The van der Waals surface area contributed by atoms with E-state index in [9.17, 15) is 5.11 Å². The van der Waals surface area contributed by atoms with Crippen LogP contribution in [0.15, 0.2) is 84.9 Å². The molecule has 0 atom stereocenters. The lowest BCUT2D eigenvalue weighted by atomic mass is 10.0. The second kappa shape index (κ2) is 6.29. The van der Waals surface area contributed by atoms with Gasteiger partial charge in [0.25, 0.3) is 0 Å². The smallest absolute Gasteiger partial charge is 0.121 e. The third kappa shape index (κ3) is 2.64. The summed E-state index contributed by atoms with van der Waals surface area (Å²) in [7, 11) is 0. The van der Waals surface area contributed by atoms with Crippen molar-refractivity contribution in [2.45, 2.75) is 6.54 Å². The summed E-state index contributed by atoms with van der Waals surface area (Å²) < 4.78 is 0. The minimum atomic E-state index is 0.309. The fourth-order valence-corrected chi connectivity index (χ4v) is 3.72. The van der Waals surface area contributed by atoms with Crippen LogP contribution in [0.1, 0.15) is 5.56 Å². The van der Waals surface area contributed by atoms with Gasteiger partial charge in [0.1, 0.15) is 5.75 Å². The Morgan fingerprint density at radius 2 is 1.26 bits per heavy atom. The van der Waals surface area contributed by atoms with E-state index in [0.717, 1.165) is 43.8 Å². The third-order valence-corrected chi connectivity index (χ3v) is 5.05. The number of hydrogen-bond acceptors (Lipinski definition) is 3. The molecule has 5 rings (SSSR count). The highest BCUT2D eigenvalue weighted by molar-refractivity contribution is 6.07. The van der Waals surface area contributed by atoms with Gasteiger partial charge in [0.15, 0.2) is 0 Å². The lowest BCUT2D eigenvalue weighted by molar-refractivity contribution is 0.470. The fourth-order valence-electron chi connectivity index (χ4n) is 3.72. The van der Waals surface area contributed by atoms with Crippen LogP contribution in [0.5, 0.6) is 5.75 Å². The van der Waals surface area contributed by atoms with E-state index in [1.165, 1.54) is 0 Å². The maximum Gasteiger partial charge on any atom is 0.121 e. The molecule has 0 aliphatic carbocycles. The molecule has 0 unspecified atom stereocenters. The van der Waals surface area contributed by atoms with Crippen molar-refractivity contribution in [1.29, 1.82) is 0 Å². The van der Waals surface area contributed by atoms with Crippen molar-refractivity contribution in [3.8, 4) is 5.75 Å². The van der Waals surface area contributed by atoms with Gasteiger partial charge >= 0.3 is 0 Å². The lowest BCUT2D eigenvalue weighted by Crippen LogP contribution is -2.03. The van der Waals surface area contributed by atoms with E-state index in [1.807, 2.05) is 54.6 Å². The van der Waals surface area contributed by atoms with Gasteiger partial charge in [0.05, 0.1) is 16.7 Å². The van der Waals surface area contributed by atoms with E-state index in [2.05, 4.69) is 29.6 Å². The molecular formula is C24H18N2O. The first-order valence-corrected chi connectivity index (χ1v) is 9.02. The van der Waals surface area contributed by atoms with Crippen LogP contribution in [-0.4, -0.2) is 10.1 Å². The van der Waals surface area contributed by atoms with Crippen LogP contribution in [0.4, 0.5) is 5.69 Å². The maximum absolute atomic E-state index is 10.5. The Balaban J connectivity index is 1.66. The first-order chi connectivity index (χ1) is 13.3. The topological polar surface area (TPSA) is 45.1 Å². The zero-order chi connectivity index (χ0) is 18.2. The molecule has 0 amide bonds. The molecule has 0 aliphatic heterocycles.